The average Bonchev–Trinajstić information content (AvgIpc) is 2.36. The summed E-state index contributed by atoms with van der Waals surface area (Å²) in [5.74, 6) is 0.774. The first-order chi connectivity index (χ1) is 9.54. The quantitative estimate of drug-likeness (QED) is 0.732. The zero-order valence-corrected chi connectivity index (χ0v) is 12.4. The predicted molar refractivity (Wildman–Crippen MR) is 83.4 cm³/mol. The molecule has 5 nitrogen and oxygen atoms in total. The fourth-order valence-electron chi connectivity index (χ4n) is 1.67. The van der Waals surface area contributed by atoms with Crippen molar-refractivity contribution in [3.05, 3.63) is 35.9 Å². The van der Waals surface area contributed by atoms with Crippen LogP contribution in [0.5, 0.6) is 0 Å². The molecule has 5 N–H and O–H groups in total. The van der Waals surface area contributed by atoms with Gasteiger partial charge in [0.2, 0.25) is 0 Å². The highest BCUT2D eigenvalue weighted by Crippen LogP contribution is 2.29. The SMILES string of the molecule is CC(C)NCc1ccccc1Sc1nc(N)cc(N)n1. The Balaban J connectivity index is 2.20. The molecule has 0 atom stereocenters. The number of hydrogen-bond acceptors (Lipinski definition) is 6. The van der Waals surface area contributed by atoms with Gasteiger partial charge >= 0.3 is 0 Å². The summed E-state index contributed by atoms with van der Waals surface area (Å²) in [7, 11) is 0. The van der Waals surface area contributed by atoms with Gasteiger partial charge in [0.25, 0.3) is 0 Å². The van der Waals surface area contributed by atoms with Crippen LogP contribution in [0, 0.1) is 0 Å². The number of nitrogens with zero attached hydrogens (tertiary/aromatic N) is 2. The Labute approximate surface area is 123 Å². The molecule has 2 rings (SSSR count). The van der Waals surface area contributed by atoms with Crippen molar-refractivity contribution in [1.82, 2.24) is 15.3 Å². The van der Waals surface area contributed by atoms with Crippen LogP contribution in [0.15, 0.2) is 40.4 Å². The van der Waals surface area contributed by atoms with Gasteiger partial charge < -0.3 is 16.8 Å². The maximum atomic E-state index is 5.69. The molecule has 0 aliphatic carbocycles. The van der Waals surface area contributed by atoms with E-state index in [1.54, 1.807) is 6.07 Å². The highest BCUT2D eigenvalue weighted by atomic mass is 32.2. The number of nitrogens with one attached hydrogen (secondary N) is 1. The highest BCUT2D eigenvalue weighted by Gasteiger charge is 2.08. The maximum Gasteiger partial charge on any atom is 0.196 e. The second-order valence-electron chi connectivity index (χ2n) is 4.75. The lowest BCUT2D eigenvalue weighted by atomic mass is 10.2. The molecule has 0 aliphatic heterocycles. The van der Waals surface area contributed by atoms with Crippen molar-refractivity contribution in [3.63, 3.8) is 0 Å². The van der Waals surface area contributed by atoms with E-state index >= 15 is 0 Å². The van der Waals surface area contributed by atoms with Crippen LogP contribution in [0.4, 0.5) is 11.6 Å². The van der Waals surface area contributed by atoms with Gasteiger partial charge in [-0.25, -0.2) is 9.97 Å². The lowest BCUT2D eigenvalue weighted by Gasteiger charge is -2.12. The van der Waals surface area contributed by atoms with E-state index in [-0.39, 0.29) is 0 Å². The number of hydrogen-bond donors (Lipinski definition) is 3. The van der Waals surface area contributed by atoms with Crippen LogP contribution in [-0.4, -0.2) is 16.0 Å². The van der Waals surface area contributed by atoms with E-state index < -0.39 is 0 Å². The molecule has 2 aromatic rings. The number of anilines is 2. The summed E-state index contributed by atoms with van der Waals surface area (Å²) in [6.07, 6.45) is 0. The number of nitrogen functional groups attached to an aromatic ring is 2. The molecule has 20 heavy (non-hydrogen) atoms. The van der Waals surface area contributed by atoms with Crippen LogP contribution < -0.4 is 16.8 Å². The van der Waals surface area contributed by atoms with Gasteiger partial charge in [0.15, 0.2) is 5.16 Å². The van der Waals surface area contributed by atoms with Crippen molar-refractivity contribution < 1.29 is 0 Å². The van der Waals surface area contributed by atoms with Crippen molar-refractivity contribution in [3.8, 4) is 0 Å². The molecule has 1 aromatic heterocycles. The summed E-state index contributed by atoms with van der Waals surface area (Å²) in [6.45, 7) is 5.05. The Morgan fingerprint density at radius 2 is 1.80 bits per heavy atom. The van der Waals surface area contributed by atoms with Gasteiger partial charge in [-0.1, -0.05) is 32.0 Å². The van der Waals surface area contributed by atoms with Crippen molar-refractivity contribution in [1.29, 1.82) is 0 Å². The summed E-state index contributed by atoms with van der Waals surface area (Å²) in [6, 6.07) is 10.1. The number of aromatic nitrogens is 2. The standard InChI is InChI=1S/C14H19N5S/c1-9(2)17-8-10-5-3-4-6-11(10)20-14-18-12(15)7-13(16)19-14/h3-7,9,17H,8H2,1-2H3,(H4,15,16,18,19). The third-order valence-electron chi connectivity index (χ3n) is 2.62. The summed E-state index contributed by atoms with van der Waals surface area (Å²) in [5.41, 5.74) is 12.6. The Kier molecular flexibility index (Phi) is 4.81. The van der Waals surface area contributed by atoms with Crippen molar-refractivity contribution in [2.45, 2.75) is 36.5 Å². The van der Waals surface area contributed by atoms with Crippen LogP contribution >= 0.6 is 11.8 Å². The first-order valence-electron chi connectivity index (χ1n) is 6.44. The van der Waals surface area contributed by atoms with E-state index in [1.165, 1.54) is 17.3 Å². The minimum Gasteiger partial charge on any atom is -0.383 e. The van der Waals surface area contributed by atoms with Crippen LogP contribution in [-0.2, 0) is 6.54 Å². The molecule has 0 saturated heterocycles. The van der Waals surface area contributed by atoms with Crippen molar-refractivity contribution in [2.24, 2.45) is 0 Å². The molecule has 1 heterocycles. The smallest absolute Gasteiger partial charge is 0.196 e. The van der Waals surface area contributed by atoms with Gasteiger partial charge in [-0.15, -0.1) is 0 Å². The first-order valence-corrected chi connectivity index (χ1v) is 7.25. The molecule has 0 unspecified atom stereocenters. The van der Waals surface area contributed by atoms with E-state index in [1.807, 2.05) is 18.2 Å². The summed E-state index contributed by atoms with van der Waals surface area (Å²) in [4.78, 5) is 9.49. The summed E-state index contributed by atoms with van der Waals surface area (Å²) >= 11 is 1.47. The largest absolute Gasteiger partial charge is 0.383 e. The molecule has 0 bridgehead atoms. The maximum absolute atomic E-state index is 5.69. The second-order valence-corrected chi connectivity index (χ2v) is 5.75. The molecule has 1 aromatic carbocycles. The van der Waals surface area contributed by atoms with E-state index in [0.29, 0.717) is 22.8 Å². The number of benzene rings is 1. The van der Waals surface area contributed by atoms with Crippen LogP contribution in [0.2, 0.25) is 0 Å². The molecule has 0 saturated carbocycles. The monoisotopic (exact) mass is 289 g/mol. The topological polar surface area (TPSA) is 89.8 Å². The third-order valence-corrected chi connectivity index (χ3v) is 3.60. The highest BCUT2D eigenvalue weighted by molar-refractivity contribution is 7.99. The lowest BCUT2D eigenvalue weighted by Crippen LogP contribution is -2.22. The second kappa shape index (κ2) is 6.58. The molecule has 0 amide bonds. The van der Waals surface area contributed by atoms with E-state index in [4.69, 9.17) is 11.5 Å². The van der Waals surface area contributed by atoms with Gasteiger partial charge in [-0.05, 0) is 23.4 Å². The van der Waals surface area contributed by atoms with E-state index in [0.717, 1.165) is 11.4 Å². The molecular formula is C14H19N5S. The Morgan fingerprint density at radius 3 is 2.45 bits per heavy atom. The van der Waals surface area contributed by atoms with Gasteiger partial charge in [-0.2, -0.15) is 0 Å². The van der Waals surface area contributed by atoms with E-state index in [2.05, 4.69) is 35.2 Å². The predicted octanol–water partition coefficient (Wildman–Crippen LogP) is 2.29. The zero-order valence-electron chi connectivity index (χ0n) is 11.6. The fourth-order valence-corrected chi connectivity index (χ4v) is 2.59. The van der Waals surface area contributed by atoms with E-state index in [9.17, 15) is 0 Å². The average molecular weight is 289 g/mol. The molecule has 6 heteroatoms. The fraction of sp³-hybridized carbons (Fsp3) is 0.286. The van der Waals surface area contributed by atoms with Crippen molar-refractivity contribution >= 4 is 23.4 Å². The number of rotatable bonds is 5. The zero-order chi connectivity index (χ0) is 14.5. The Morgan fingerprint density at radius 1 is 1.15 bits per heavy atom. The lowest BCUT2D eigenvalue weighted by molar-refractivity contribution is 0.584. The van der Waals surface area contributed by atoms with Crippen molar-refractivity contribution in [2.75, 3.05) is 11.5 Å². The Bertz CT molecular complexity index is 565. The summed E-state index contributed by atoms with van der Waals surface area (Å²) < 4.78 is 0. The molecule has 106 valence electrons. The van der Waals surface area contributed by atoms with Crippen LogP contribution in [0.25, 0.3) is 0 Å². The molecule has 0 fully saturated rings. The summed E-state index contributed by atoms with van der Waals surface area (Å²) in [5, 5.41) is 3.98. The Hall–Kier alpha value is -1.79. The first kappa shape index (κ1) is 14.6. The minimum absolute atomic E-state index is 0.387. The van der Waals surface area contributed by atoms with Gasteiger partial charge in [-0.3, -0.25) is 0 Å². The van der Waals surface area contributed by atoms with Crippen LogP contribution in [0.3, 0.4) is 0 Å². The molecule has 0 radical (unpaired) electrons. The molecule has 0 aliphatic rings. The number of nitrogens with two attached hydrogens (primary N) is 2. The molecular weight excluding hydrogens is 270 g/mol. The third kappa shape index (κ3) is 4.11. The van der Waals surface area contributed by atoms with Crippen LogP contribution in [0.1, 0.15) is 19.4 Å². The molecule has 0 spiro atoms. The minimum atomic E-state index is 0.387. The normalized spacial score (nSPS) is 10.9. The van der Waals surface area contributed by atoms with Gasteiger partial charge in [0.1, 0.15) is 11.6 Å². The van der Waals surface area contributed by atoms with Gasteiger partial charge in [0.05, 0.1) is 0 Å². The van der Waals surface area contributed by atoms with Gasteiger partial charge in [0, 0.05) is 23.5 Å².